The first-order valence-electron chi connectivity index (χ1n) is 9.64. The lowest BCUT2D eigenvalue weighted by Crippen LogP contribution is -2.62. The van der Waals surface area contributed by atoms with Crippen molar-refractivity contribution in [2.45, 2.75) is 46.2 Å². The molecule has 0 spiro atoms. The third-order valence-corrected chi connectivity index (χ3v) is 3.95. The molecule has 0 aliphatic carbocycles. The van der Waals surface area contributed by atoms with Crippen molar-refractivity contribution in [3.05, 3.63) is 11.1 Å². The van der Waals surface area contributed by atoms with Crippen molar-refractivity contribution in [1.29, 1.82) is 0 Å². The Balaban J connectivity index is 3.88. The molecule has 0 aromatic heterocycles. The van der Waals surface area contributed by atoms with Gasteiger partial charge in [0.15, 0.2) is 0 Å². The van der Waals surface area contributed by atoms with Crippen LogP contribution in [0.3, 0.4) is 0 Å². The molecule has 0 bridgehead atoms. The lowest BCUT2D eigenvalue weighted by atomic mass is 9.89. The van der Waals surface area contributed by atoms with Gasteiger partial charge in [-0.05, 0) is 34.6 Å². The Kier molecular flexibility index (Phi) is 9.44. The molecule has 0 aromatic rings. The van der Waals surface area contributed by atoms with Gasteiger partial charge in [-0.25, -0.2) is 24.0 Å². The minimum absolute atomic E-state index is 0.0618. The summed E-state index contributed by atoms with van der Waals surface area (Å²) in [6.45, 7) is 6.88. The molecule has 11 nitrogen and oxygen atoms in total. The fraction of sp³-hybridized carbons (Fsp3) is 0.632. The van der Waals surface area contributed by atoms with Gasteiger partial charge in [0.05, 0.1) is 44.2 Å². The maximum absolute atomic E-state index is 12.9. The number of ether oxygens (including phenoxy) is 5. The van der Waals surface area contributed by atoms with Gasteiger partial charge >= 0.3 is 29.8 Å². The van der Waals surface area contributed by atoms with Gasteiger partial charge in [0.1, 0.15) is 6.04 Å². The molecule has 0 radical (unpaired) electrons. The van der Waals surface area contributed by atoms with E-state index in [1.165, 1.54) is 34.6 Å². The molecular weight excluding hydrogens is 402 g/mol. The molecule has 30 heavy (non-hydrogen) atoms. The highest BCUT2D eigenvalue weighted by atomic mass is 16.6. The SMILES string of the molecule is CCOC(=O)C1=C(C(=O)OCC)C(C(=O)OCC)(C(=O)OCC)NC1C(=O)OCC. The summed E-state index contributed by atoms with van der Waals surface area (Å²) < 4.78 is 24.8. The lowest BCUT2D eigenvalue weighted by molar-refractivity contribution is -0.166. The Bertz CT molecular complexity index is 709. The highest BCUT2D eigenvalue weighted by molar-refractivity contribution is 6.22. The van der Waals surface area contributed by atoms with Crippen molar-refractivity contribution < 1.29 is 47.7 Å². The molecule has 1 heterocycles. The molecule has 1 unspecified atom stereocenters. The van der Waals surface area contributed by atoms with Crippen LogP contribution in [0.1, 0.15) is 34.6 Å². The summed E-state index contributed by atoms with van der Waals surface area (Å²) in [5.41, 5.74) is -3.91. The molecule has 1 atom stereocenters. The maximum Gasteiger partial charge on any atom is 0.343 e. The normalized spacial score (nSPS) is 17.2. The average Bonchev–Trinajstić information content (AvgIpc) is 3.06. The molecule has 0 saturated heterocycles. The van der Waals surface area contributed by atoms with Crippen LogP contribution in [0.25, 0.3) is 0 Å². The van der Waals surface area contributed by atoms with Crippen LogP contribution in [0, 0.1) is 0 Å². The van der Waals surface area contributed by atoms with Gasteiger partial charge in [-0.1, -0.05) is 0 Å². The van der Waals surface area contributed by atoms with Gasteiger partial charge in [0.25, 0.3) is 0 Å². The number of rotatable bonds is 10. The van der Waals surface area contributed by atoms with Crippen LogP contribution >= 0.6 is 0 Å². The third-order valence-electron chi connectivity index (χ3n) is 3.95. The van der Waals surface area contributed by atoms with Crippen molar-refractivity contribution in [3.8, 4) is 0 Å². The first-order valence-corrected chi connectivity index (χ1v) is 9.64. The maximum atomic E-state index is 12.9. The van der Waals surface area contributed by atoms with Crippen molar-refractivity contribution in [1.82, 2.24) is 5.32 Å². The average molecular weight is 429 g/mol. The number of carbonyl (C=O) groups excluding carboxylic acids is 5. The minimum atomic E-state index is -2.61. The van der Waals surface area contributed by atoms with E-state index in [4.69, 9.17) is 23.7 Å². The quantitative estimate of drug-likeness (QED) is 0.280. The zero-order valence-corrected chi connectivity index (χ0v) is 17.7. The first-order chi connectivity index (χ1) is 14.3. The van der Waals surface area contributed by atoms with Gasteiger partial charge in [0.2, 0.25) is 5.54 Å². The Labute approximate surface area is 174 Å². The highest BCUT2D eigenvalue weighted by Crippen LogP contribution is 2.35. The van der Waals surface area contributed by atoms with Crippen LogP contribution in [-0.2, 0) is 47.7 Å². The van der Waals surface area contributed by atoms with Gasteiger partial charge in [-0.3, -0.25) is 5.32 Å². The fourth-order valence-electron chi connectivity index (χ4n) is 2.89. The number of esters is 5. The summed E-state index contributed by atoms with van der Waals surface area (Å²) in [5.74, 6) is -5.75. The summed E-state index contributed by atoms with van der Waals surface area (Å²) in [7, 11) is 0. The van der Waals surface area contributed by atoms with Crippen LogP contribution in [0.5, 0.6) is 0 Å². The summed E-state index contributed by atoms with van der Waals surface area (Å²) in [6, 6.07) is -1.67. The summed E-state index contributed by atoms with van der Waals surface area (Å²) in [4.78, 5) is 63.9. The predicted octanol–water partition coefficient (Wildman–Crippen LogP) is -0.191. The van der Waals surface area contributed by atoms with E-state index in [0.717, 1.165) is 0 Å². The van der Waals surface area contributed by atoms with Crippen molar-refractivity contribution in [2.75, 3.05) is 33.0 Å². The standard InChI is InChI=1S/C19H27NO10/c1-6-26-14(21)11-12(15(22)27-7-2)19(17(24)29-9-4,18(25)30-10-5)20-13(11)16(23)28-8-3/h13,20H,6-10H2,1-5H3. The predicted molar refractivity (Wildman–Crippen MR) is 99.8 cm³/mol. The summed E-state index contributed by atoms with van der Waals surface area (Å²) in [5, 5.41) is 2.44. The van der Waals surface area contributed by atoms with E-state index in [1.54, 1.807) is 0 Å². The summed E-state index contributed by atoms with van der Waals surface area (Å²) >= 11 is 0. The van der Waals surface area contributed by atoms with Crippen LogP contribution < -0.4 is 5.32 Å². The number of hydrogen-bond donors (Lipinski definition) is 1. The van der Waals surface area contributed by atoms with E-state index >= 15 is 0 Å². The first kappa shape index (κ1) is 25.1. The van der Waals surface area contributed by atoms with E-state index in [2.05, 4.69) is 5.32 Å². The van der Waals surface area contributed by atoms with E-state index in [0.29, 0.717) is 0 Å². The largest absolute Gasteiger partial charge is 0.465 e. The third kappa shape index (κ3) is 4.78. The van der Waals surface area contributed by atoms with Crippen LogP contribution in [-0.4, -0.2) is 74.5 Å². The second kappa shape index (κ2) is 11.3. The molecule has 1 N–H and O–H groups in total. The van der Waals surface area contributed by atoms with Crippen molar-refractivity contribution >= 4 is 29.8 Å². The number of hydrogen-bond acceptors (Lipinski definition) is 11. The number of carbonyl (C=O) groups is 5. The Morgan fingerprint density at radius 3 is 1.57 bits per heavy atom. The molecule has 168 valence electrons. The number of nitrogens with one attached hydrogen (secondary N) is 1. The second-order valence-corrected chi connectivity index (χ2v) is 5.75. The van der Waals surface area contributed by atoms with E-state index < -0.39 is 52.6 Å². The molecule has 1 aliphatic heterocycles. The Morgan fingerprint density at radius 2 is 1.13 bits per heavy atom. The topological polar surface area (TPSA) is 144 Å². The molecule has 0 amide bonds. The van der Waals surface area contributed by atoms with Crippen LogP contribution in [0.4, 0.5) is 0 Å². The fourth-order valence-corrected chi connectivity index (χ4v) is 2.89. The molecule has 0 fully saturated rings. The molecule has 11 heteroatoms. The summed E-state index contributed by atoms with van der Waals surface area (Å²) in [6.07, 6.45) is 0. The van der Waals surface area contributed by atoms with Crippen molar-refractivity contribution in [3.63, 3.8) is 0 Å². The van der Waals surface area contributed by atoms with Crippen LogP contribution in [0.15, 0.2) is 11.1 Å². The highest BCUT2D eigenvalue weighted by Gasteiger charge is 2.64. The van der Waals surface area contributed by atoms with Gasteiger partial charge in [0, 0.05) is 0 Å². The van der Waals surface area contributed by atoms with Gasteiger partial charge < -0.3 is 23.7 Å². The van der Waals surface area contributed by atoms with E-state index in [9.17, 15) is 24.0 Å². The van der Waals surface area contributed by atoms with Crippen LogP contribution in [0.2, 0.25) is 0 Å². The lowest BCUT2D eigenvalue weighted by Gasteiger charge is -2.27. The minimum Gasteiger partial charge on any atom is -0.465 e. The monoisotopic (exact) mass is 429 g/mol. The molecule has 0 saturated carbocycles. The van der Waals surface area contributed by atoms with Crippen molar-refractivity contribution in [2.24, 2.45) is 0 Å². The Hall–Kier alpha value is -2.95. The second-order valence-electron chi connectivity index (χ2n) is 5.75. The van der Waals surface area contributed by atoms with Gasteiger partial charge in [-0.15, -0.1) is 0 Å². The molecular formula is C19H27NO10. The smallest absolute Gasteiger partial charge is 0.343 e. The molecule has 1 rings (SSSR count). The van der Waals surface area contributed by atoms with E-state index in [-0.39, 0.29) is 33.0 Å². The molecule has 1 aliphatic rings. The zero-order chi connectivity index (χ0) is 22.9. The van der Waals surface area contributed by atoms with E-state index in [1.807, 2.05) is 0 Å². The Morgan fingerprint density at radius 1 is 0.700 bits per heavy atom. The van der Waals surface area contributed by atoms with Gasteiger partial charge in [-0.2, -0.15) is 0 Å². The molecule has 0 aromatic carbocycles. The zero-order valence-electron chi connectivity index (χ0n) is 17.7.